The van der Waals surface area contributed by atoms with Crippen molar-refractivity contribution in [2.45, 2.75) is 25.9 Å². The van der Waals surface area contributed by atoms with Crippen molar-refractivity contribution in [3.05, 3.63) is 47.5 Å². The first-order chi connectivity index (χ1) is 11.3. The molecule has 0 saturated heterocycles. The Labute approximate surface area is 135 Å². The van der Waals surface area contributed by atoms with Gasteiger partial charge in [0, 0.05) is 23.3 Å². The number of ether oxygens (including phenoxy) is 4. The zero-order valence-electron chi connectivity index (χ0n) is 13.4. The molecule has 2 aliphatic rings. The Kier molecular flexibility index (Phi) is 3.52. The fourth-order valence-electron chi connectivity index (χ4n) is 3.33. The first kappa shape index (κ1) is 14.2. The van der Waals surface area contributed by atoms with Crippen molar-refractivity contribution < 1.29 is 18.9 Å². The largest absolute Gasteiger partial charge is 0.494 e. The van der Waals surface area contributed by atoms with Crippen LogP contribution in [0, 0.1) is 0 Å². The van der Waals surface area contributed by atoms with Gasteiger partial charge in [0.1, 0.15) is 29.1 Å². The van der Waals surface area contributed by atoms with E-state index < -0.39 is 0 Å². The Hall–Kier alpha value is -2.36. The molecule has 2 unspecified atom stereocenters. The van der Waals surface area contributed by atoms with Crippen LogP contribution in [0.4, 0.5) is 0 Å². The van der Waals surface area contributed by atoms with Gasteiger partial charge in [-0.05, 0) is 32.0 Å². The van der Waals surface area contributed by atoms with Crippen LogP contribution in [-0.2, 0) is 0 Å². The Morgan fingerprint density at radius 3 is 2.26 bits per heavy atom. The highest BCUT2D eigenvalue weighted by molar-refractivity contribution is 5.52. The van der Waals surface area contributed by atoms with Crippen LogP contribution in [0.2, 0.25) is 0 Å². The van der Waals surface area contributed by atoms with Gasteiger partial charge < -0.3 is 18.9 Å². The fourth-order valence-corrected chi connectivity index (χ4v) is 3.33. The van der Waals surface area contributed by atoms with Crippen LogP contribution in [0.5, 0.6) is 23.0 Å². The molecule has 2 aromatic rings. The van der Waals surface area contributed by atoms with E-state index >= 15 is 0 Å². The monoisotopic (exact) mass is 312 g/mol. The van der Waals surface area contributed by atoms with Gasteiger partial charge in [0.05, 0.1) is 25.7 Å². The number of hydrogen-bond donors (Lipinski definition) is 0. The lowest BCUT2D eigenvalue weighted by atomic mass is 9.89. The van der Waals surface area contributed by atoms with E-state index in [0.717, 1.165) is 28.6 Å². The minimum Gasteiger partial charge on any atom is -0.494 e. The lowest BCUT2D eigenvalue weighted by Gasteiger charge is -2.28. The molecule has 0 amide bonds. The minimum absolute atomic E-state index is 0.00121. The van der Waals surface area contributed by atoms with Crippen molar-refractivity contribution in [1.82, 2.24) is 0 Å². The van der Waals surface area contributed by atoms with E-state index in [1.54, 1.807) is 0 Å². The van der Waals surface area contributed by atoms with Gasteiger partial charge in [-0.3, -0.25) is 0 Å². The van der Waals surface area contributed by atoms with Crippen molar-refractivity contribution in [1.29, 1.82) is 0 Å². The molecule has 2 heterocycles. The maximum absolute atomic E-state index is 6.22. The Bertz CT molecular complexity index is 725. The zero-order chi connectivity index (χ0) is 15.8. The first-order valence-electron chi connectivity index (χ1n) is 8.13. The average molecular weight is 312 g/mol. The van der Waals surface area contributed by atoms with E-state index in [4.69, 9.17) is 18.9 Å². The van der Waals surface area contributed by atoms with E-state index in [1.165, 1.54) is 5.56 Å². The third-order valence-corrected chi connectivity index (χ3v) is 4.34. The zero-order valence-corrected chi connectivity index (χ0v) is 13.4. The van der Waals surface area contributed by atoms with Gasteiger partial charge in [-0.25, -0.2) is 0 Å². The smallest absolute Gasteiger partial charge is 0.138 e. The molecule has 0 aliphatic carbocycles. The van der Waals surface area contributed by atoms with Crippen molar-refractivity contribution in [2.24, 2.45) is 0 Å². The Morgan fingerprint density at radius 2 is 1.57 bits per heavy atom. The summed E-state index contributed by atoms with van der Waals surface area (Å²) in [6.45, 7) is 5.87. The predicted molar refractivity (Wildman–Crippen MR) is 86.8 cm³/mol. The highest BCUT2D eigenvalue weighted by Crippen LogP contribution is 2.52. The van der Waals surface area contributed by atoms with Crippen LogP contribution in [0.15, 0.2) is 36.4 Å². The molecule has 4 rings (SSSR count). The minimum atomic E-state index is 0.00121. The van der Waals surface area contributed by atoms with Gasteiger partial charge >= 0.3 is 0 Å². The van der Waals surface area contributed by atoms with Crippen LogP contribution in [0.3, 0.4) is 0 Å². The highest BCUT2D eigenvalue weighted by Gasteiger charge is 2.40. The number of rotatable bonds is 4. The topological polar surface area (TPSA) is 36.9 Å². The first-order valence-corrected chi connectivity index (χ1v) is 8.13. The van der Waals surface area contributed by atoms with Crippen LogP contribution in [0.1, 0.15) is 37.0 Å². The molecule has 4 nitrogen and oxygen atoms in total. The number of hydrogen-bond acceptors (Lipinski definition) is 4. The number of fused-ring (bicyclic) bond motifs is 5. The molecule has 0 bridgehead atoms. The molecule has 2 aliphatic heterocycles. The predicted octanol–water partition coefficient (Wildman–Crippen LogP) is 4.09. The van der Waals surface area contributed by atoms with Gasteiger partial charge in [-0.1, -0.05) is 6.07 Å². The lowest BCUT2D eigenvalue weighted by molar-refractivity contribution is 0.139. The number of benzene rings is 2. The molecule has 4 heteroatoms. The van der Waals surface area contributed by atoms with Gasteiger partial charge in [-0.2, -0.15) is 0 Å². The summed E-state index contributed by atoms with van der Waals surface area (Å²) in [6.07, 6.45) is 0.00121. The average Bonchev–Trinajstić information content (AvgIpc) is 2.93. The van der Waals surface area contributed by atoms with Crippen LogP contribution >= 0.6 is 0 Å². The summed E-state index contributed by atoms with van der Waals surface area (Å²) in [4.78, 5) is 0. The van der Waals surface area contributed by atoms with E-state index in [-0.39, 0.29) is 12.0 Å². The van der Waals surface area contributed by atoms with Crippen molar-refractivity contribution in [3.63, 3.8) is 0 Å². The highest BCUT2D eigenvalue weighted by atomic mass is 16.5. The molecule has 0 N–H and O–H groups in total. The van der Waals surface area contributed by atoms with Gasteiger partial charge in [0.15, 0.2) is 0 Å². The second-order valence-electron chi connectivity index (χ2n) is 5.72. The quantitative estimate of drug-likeness (QED) is 0.852. The molecule has 120 valence electrons. The summed E-state index contributed by atoms with van der Waals surface area (Å²) >= 11 is 0. The SMILES string of the molecule is CCOc1ccc2c(c1)OC1c3ccc(OCC)cc3OCC21. The van der Waals surface area contributed by atoms with Crippen molar-refractivity contribution in [3.8, 4) is 23.0 Å². The molecule has 2 aromatic carbocycles. The molecule has 23 heavy (non-hydrogen) atoms. The third-order valence-electron chi connectivity index (χ3n) is 4.34. The fraction of sp³-hybridized carbons (Fsp3) is 0.368. The maximum atomic E-state index is 6.22. The second-order valence-corrected chi connectivity index (χ2v) is 5.72. The maximum Gasteiger partial charge on any atom is 0.138 e. The normalized spacial score (nSPS) is 20.6. The third kappa shape index (κ3) is 2.38. The summed E-state index contributed by atoms with van der Waals surface area (Å²) < 4.78 is 23.3. The summed E-state index contributed by atoms with van der Waals surface area (Å²) in [6, 6.07) is 12.0. The van der Waals surface area contributed by atoms with Crippen LogP contribution in [-0.4, -0.2) is 19.8 Å². The summed E-state index contributed by atoms with van der Waals surface area (Å²) in [5.74, 6) is 3.66. The summed E-state index contributed by atoms with van der Waals surface area (Å²) in [5.41, 5.74) is 2.27. The van der Waals surface area contributed by atoms with Crippen LogP contribution < -0.4 is 18.9 Å². The van der Waals surface area contributed by atoms with Gasteiger partial charge in [-0.15, -0.1) is 0 Å². The van der Waals surface area contributed by atoms with E-state index in [2.05, 4.69) is 6.07 Å². The van der Waals surface area contributed by atoms with E-state index in [0.29, 0.717) is 19.8 Å². The molecule has 2 atom stereocenters. The van der Waals surface area contributed by atoms with Gasteiger partial charge in [0.2, 0.25) is 0 Å². The van der Waals surface area contributed by atoms with Crippen molar-refractivity contribution in [2.75, 3.05) is 19.8 Å². The molecule has 0 aromatic heterocycles. The lowest BCUT2D eigenvalue weighted by Crippen LogP contribution is -2.23. The van der Waals surface area contributed by atoms with E-state index in [1.807, 2.05) is 44.2 Å². The van der Waals surface area contributed by atoms with Crippen molar-refractivity contribution >= 4 is 0 Å². The second kappa shape index (κ2) is 5.69. The standard InChI is InChI=1S/C19H20O4/c1-3-20-12-6-8-15-17(9-12)22-11-16-14-7-5-13(21-4-2)10-18(14)23-19(15)16/h5-10,16,19H,3-4,11H2,1-2H3. The molecule has 0 saturated carbocycles. The molecule has 0 spiro atoms. The Balaban J connectivity index is 1.66. The molecular formula is C19H20O4. The van der Waals surface area contributed by atoms with Gasteiger partial charge in [0.25, 0.3) is 0 Å². The molecule has 0 radical (unpaired) electrons. The summed E-state index contributed by atoms with van der Waals surface area (Å²) in [7, 11) is 0. The Morgan fingerprint density at radius 1 is 0.913 bits per heavy atom. The summed E-state index contributed by atoms with van der Waals surface area (Å²) in [5, 5.41) is 0. The van der Waals surface area contributed by atoms with E-state index in [9.17, 15) is 0 Å². The molecular weight excluding hydrogens is 292 g/mol. The van der Waals surface area contributed by atoms with Crippen LogP contribution in [0.25, 0.3) is 0 Å². The molecule has 0 fully saturated rings.